The van der Waals surface area contributed by atoms with Crippen molar-refractivity contribution in [3.8, 4) is 5.75 Å². The lowest BCUT2D eigenvalue weighted by Gasteiger charge is -2.25. The second-order valence-electron chi connectivity index (χ2n) is 12.4. The smallest absolute Gasteiger partial charge is 0.231 e. The standard InChI is InChI=1S/C33H38N9O2P/c1-6-20-14-26(28(44-3)15-27(20)42-18-21-16-41(2)17-22(21)19-42)38-33-39-31-23(8-7-11-36-31)32(40-33)37-25-10-9-24-29(35-13-12-34-24)30(25)45(4,5)43/h7-15,21-22H,6,16-19H2,1-5H3,(H2,36,37,38,39,40)/t21-,22+. The molecule has 5 heterocycles. The number of aromatic nitrogens is 5. The number of aryl methyl sites for hydroxylation is 1. The highest BCUT2D eigenvalue weighted by Crippen LogP contribution is 2.42. The number of hydrogen-bond donors (Lipinski definition) is 2. The van der Waals surface area contributed by atoms with E-state index in [1.807, 2.05) is 24.3 Å². The van der Waals surface area contributed by atoms with Crippen molar-refractivity contribution in [1.29, 1.82) is 0 Å². The van der Waals surface area contributed by atoms with Gasteiger partial charge in [-0.25, -0.2) is 4.98 Å². The summed E-state index contributed by atoms with van der Waals surface area (Å²) in [6, 6.07) is 11.8. The molecule has 232 valence electrons. The van der Waals surface area contributed by atoms with Crippen molar-refractivity contribution in [2.24, 2.45) is 11.8 Å². The van der Waals surface area contributed by atoms with Crippen molar-refractivity contribution in [2.45, 2.75) is 13.3 Å². The third kappa shape index (κ3) is 5.55. The maximum Gasteiger partial charge on any atom is 0.231 e. The van der Waals surface area contributed by atoms with E-state index in [2.05, 4.69) is 61.5 Å². The van der Waals surface area contributed by atoms with Crippen LogP contribution in [-0.2, 0) is 11.0 Å². The summed E-state index contributed by atoms with van der Waals surface area (Å²) in [5, 5.41) is 8.23. The second kappa shape index (κ2) is 11.5. The molecule has 2 N–H and O–H groups in total. The van der Waals surface area contributed by atoms with Crippen molar-refractivity contribution in [3.05, 3.63) is 60.6 Å². The highest BCUT2D eigenvalue weighted by atomic mass is 31.2. The summed E-state index contributed by atoms with van der Waals surface area (Å²) >= 11 is 0. The number of methoxy groups -OCH3 is 1. The Labute approximate surface area is 262 Å². The van der Waals surface area contributed by atoms with E-state index in [0.29, 0.717) is 51.3 Å². The summed E-state index contributed by atoms with van der Waals surface area (Å²) in [7, 11) is 1.14. The first-order valence-electron chi connectivity index (χ1n) is 15.3. The lowest BCUT2D eigenvalue weighted by atomic mass is 10.0. The van der Waals surface area contributed by atoms with Crippen LogP contribution in [0.15, 0.2) is 55.0 Å². The molecule has 0 aliphatic carbocycles. The predicted molar refractivity (Wildman–Crippen MR) is 182 cm³/mol. The Kier molecular flexibility index (Phi) is 7.54. The van der Waals surface area contributed by atoms with E-state index >= 15 is 0 Å². The Hall–Kier alpha value is -4.34. The van der Waals surface area contributed by atoms with E-state index in [9.17, 15) is 4.57 Å². The van der Waals surface area contributed by atoms with Crippen LogP contribution in [0.4, 0.5) is 28.8 Å². The van der Waals surface area contributed by atoms with Crippen LogP contribution >= 0.6 is 7.14 Å². The zero-order chi connectivity index (χ0) is 31.3. The largest absolute Gasteiger partial charge is 0.494 e. The quantitative estimate of drug-likeness (QED) is 0.220. The molecule has 2 aromatic carbocycles. The molecule has 3 aromatic heterocycles. The molecular weight excluding hydrogens is 585 g/mol. The lowest BCUT2D eigenvalue weighted by molar-refractivity contribution is 0.387. The van der Waals surface area contributed by atoms with Gasteiger partial charge in [0.05, 0.1) is 34.7 Å². The van der Waals surface area contributed by atoms with Crippen molar-refractivity contribution in [1.82, 2.24) is 29.8 Å². The monoisotopic (exact) mass is 623 g/mol. The minimum Gasteiger partial charge on any atom is -0.494 e. The topological polar surface area (TPSA) is 121 Å². The SMILES string of the molecule is CCc1cc(Nc2nc(Nc3ccc4nccnc4c3P(C)(C)=O)c3cccnc3n2)c(OC)cc1N1C[C@H]2CN(C)C[C@H]2C1. The van der Waals surface area contributed by atoms with Crippen LogP contribution in [0, 0.1) is 11.8 Å². The van der Waals surface area contributed by atoms with E-state index in [1.165, 1.54) is 11.3 Å². The zero-order valence-corrected chi connectivity index (χ0v) is 27.2. The number of anilines is 5. The van der Waals surface area contributed by atoms with E-state index in [-0.39, 0.29) is 0 Å². The highest BCUT2D eigenvalue weighted by molar-refractivity contribution is 7.71. The normalized spacial score (nSPS) is 18.5. The molecule has 0 radical (unpaired) electrons. The van der Waals surface area contributed by atoms with Crippen molar-refractivity contribution >= 4 is 63.3 Å². The molecule has 0 saturated carbocycles. The van der Waals surface area contributed by atoms with Crippen LogP contribution in [0.5, 0.6) is 5.75 Å². The Morgan fingerprint density at radius 2 is 1.71 bits per heavy atom. The second-order valence-corrected chi connectivity index (χ2v) is 15.6. The summed E-state index contributed by atoms with van der Waals surface area (Å²) in [6.07, 6.45) is 5.85. The van der Waals surface area contributed by atoms with E-state index < -0.39 is 7.14 Å². The molecule has 11 nitrogen and oxygen atoms in total. The number of ether oxygens (including phenoxy) is 1. The number of likely N-dealkylation sites (tertiary alicyclic amines) is 1. The molecule has 5 aromatic rings. The molecule has 2 aliphatic rings. The molecule has 45 heavy (non-hydrogen) atoms. The van der Waals surface area contributed by atoms with Gasteiger partial charge in [0.1, 0.15) is 24.2 Å². The minimum atomic E-state index is -2.77. The first-order chi connectivity index (χ1) is 21.7. The summed E-state index contributed by atoms with van der Waals surface area (Å²) in [5.74, 6) is 3.04. The minimum absolute atomic E-state index is 0.369. The Morgan fingerprint density at radius 1 is 0.933 bits per heavy atom. The number of hydrogen-bond acceptors (Lipinski definition) is 11. The lowest BCUT2D eigenvalue weighted by Crippen LogP contribution is -2.27. The third-order valence-corrected chi connectivity index (χ3v) is 10.4. The fourth-order valence-electron chi connectivity index (χ4n) is 6.91. The third-order valence-electron chi connectivity index (χ3n) is 8.91. The predicted octanol–water partition coefficient (Wildman–Crippen LogP) is 5.27. The maximum absolute atomic E-state index is 13.6. The van der Waals surface area contributed by atoms with E-state index in [1.54, 1.807) is 39.0 Å². The van der Waals surface area contributed by atoms with E-state index in [4.69, 9.17) is 14.7 Å². The van der Waals surface area contributed by atoms with Gasteiger partial charge in [-0.2, -0.15) is 9.97 Å². The molecule has 12 heteroatoms. The summed E-state index contributed by atoms with van der Waals surface area (Å²) in [5.41, 5.74) is 5.73. The number of fused-ring (bicyclic) bond motifs is 3. The van der Waals surface area contributed by atoms with Gasteiger partial charge in [0, 0.05) is 56.5 Å². The molecule has 0 spiro atoms. The van der Waals surface area contributed by atoms with Gasteiger partial charge in [-0.3, -0.25) is 9.97 Å². The van der Waals surface area contributed by atoms with Gasteiger partial charge in [-0.15, -0.1) is 0 Å². The molecule has 2 saturated heterocycles. The number of nitrogens with one attached hydrogen (secondary N) is 2. The molecule has 0 amide bonds. The van der Waals surface area contributed by atoms with Gasteiger partial charge in [0.25, 0.3) is 0 Å². The van der Waals surface area contributed by atoms with Crippen LogP contribution < -0.4 is 25.6 Å². The van der Waals surface area contributed by atoms with Crippen LogP contribution in [-0.4, -0.2) is 83.5 Å². The molecule has 2 fully saturated rings. The summed E-state index contributed by atoms with van der Waals surface area (Å²) < 4.78 is 19.5. The van der Waals surface area contributed by atoms with Crippen molar-refractivity contribution < 1.29 is 9.30 Å². The van der Waals surface area contributed by atoms with Gasteiger partial charge in [-0.05, 0) is 74.5 Å². The molecule has 7 rings (SSSR count). The van der Waals surface area contributed by atoms with Crippen molar-refractivity contribution in [3.63, 3.8) is 0 Å². The molecule has 2 atom stereocenters. The fourth-order valence-corrected chi connectivity index (χ4v) is 8.30. The molecule has 2 aliphatic heterocycles. The highest BCUT2D eigenvalue weighted by Gasteiger charge is 2.39. The van der Waals surface area contributed by atoms with Gasteiger partial charge < -0.3 is 29.7 Å². The number of nitrogens with zero attached hydrogens (tertiary/aromatic N) is 7. The van der Waals surface area contributed by atoms with Gasteiger partial charge >= 0.3 is 0 Å². The fraction of sp³-hybridized carbons (Fsp3) is 0.364. The number of rotatable bonds is 8. The Bertz CT molecular complexity index is 1950. The van der Waals surface area contributed by atoms with Crippen molar-refractivity contribution in [2.75, 3.05) is 69.2 Å². The van der Waals surface area contributed by atoms with Crippen LogP contribution in [0.2, 0.25) is 0 Å². The Morgan fingerprint density at radius 3 is 2.44 bits per heavy atom. The van der Waals surface area contributed by atoms with Gasteiger partial charge in [-0.1, -0.05) is 6.92 Å². The van der Waals surface area contributed by atoms with Crippen LogP contribution in [0.1, 0.15) is 12.5 Å². The number of benzene rings is 2. The maximum atomic E-state index is 13.6. The average Bonchev–Trinajstić information content (AvgIpc) is 3.57. The summed E-state index contributed by atoms with van der Waals surface area (Å²) in [4.78, 5) is 28.1. The van der Waals surface area contributed by atoms with Crippen LogP contribution in [0.3, 0.4) is 0 Å². The van der Waals surface area contributed by atoms with Gasteiger partial charge in [0.15, 0.2) is 5.65 Å². The first kappa shape index (κ1) is 29.4. The summed E-state index contributed by atoms with van der Waals surface area (Å²) in [6.45, 7) is 10.1. The zero-order valence-electron chi connectivity index (χ0n) is 26.3. The average molecular weight is 624 g/mol. The first-order valence-corrected chi connectivity index (χ1v) is 17.9. The van der Waals surface area contributed by atoms with Crippen LogP contribution in [0.25, 0.3) is 22.1 Å². The molecule has 0 unspecified atom stereocenters. The van der Waals surface area contributed by atoms with E-state index in [0.717, 1.165) is 49.4 Å². The molecular formula is C33H38N9O2P. The van der Waals surface area contributed by atoms with Gasteiger partial charge in [0.2, 0.25) is 5.95 Å². The Balaban J connectivity index is 1.26. The number of pyridine rings is 1. The molecule has 0 bridgehead atoms.